The van der Waals surface area contributed by atoms with Crippen LogP contribution in [0.3, 0.4) is 0 Å². The van der Waals surface area contributed by atoms with Crippen LogP contribution in [0, 0.1) is 6.92 Å². The molecule has 1 unspecified atom stereocenters. The summed E-state index contributed by atoms with van der Waals surface area (Å²) in [6, 6.07) is 7.87. The van der Waals surface area contributed by atoms with Gasteiger partial charge in [-0.15, -0.1) is 12.4 Å². The van der Waals surface area contributed by atoms with Crippen LogP contribution in [0.4, 0.5) is 0 Å². The molecule has 0 saturated carbocycles. The Morgan fingerprint density at radius 3 is 2.82 bits per heavy atom. The number of likely N-dealkylation sites (tertiary alicyclic amines) is 1. The molecule has 0 radical (unpaired) electrons. The zero-order chi connectivity index (χ0) is 14.9. The third-order valence-electron chi connectivity index (χ3n) is 3.86. The molecular weight excluding hydrogens is 302 g/mol. The van der Waals surface area contributed by atoms with Gasteiger partial charge in [0, 0.05) is 19.6 Å². The lowest BCUT2D eigenvalue weighted by Gasteiger charge is -2.18. The van der Waals surface area contributed by atoms with E-state index in [9.17, 15) is 5.11 Å². The second-order valence-electron chi connectivity index (χ2n) is 5.96. The van der Waals surface area contributed by atoms with Crippen molar-refractivity contribution in [3.05, 3.63) is 30.1 Å². The quantitative estimate of drug-likeness (QED) is 0.934. The smallest absolute Gasteiger partial charge is 0.224 e. The molecule has 120 valence electrons. The van der Waals surface area contributed by atoms with Crippen molar-refractivity contribution < 1.29 is 9.84 Å². The second-order valence-corrected chi connectivity index (χ2v) is 5.96. The third-order valence-corrected chi connectivity index (χ3v) is 3.86. The van der Waals surface area contributed by atoms with E-state index < -0.39 is 5.60 Å². The van der Waals surface area contributed by atoms with Crippen molar-refractivity contribution >= 4 is 23.3 Å². The Bertz CT molecular complexity index is 648. The molecule has 5 nitrogen and oxygen atoms in total. The molecule has 1 saturated heterocycles. The Labute approximate surface area is 136 Å². The number of rotatable bonds is 4. The van der Waals surface area contributed by atoms with Crippen molar-refractivity contribution in [1.29, 1.82) is 0 Å². The zero-order valence-corrected chi connectivity index (χ0v) is 13.8. The van der Waals surface area contributed by atoms with Crippen LogP contribution in [0.15, 0.2) is 24.3 Å². The van der Waals surface area contributed by atoms with Crippen LogP contribution < -0.4 is 4.74 Å². The fourth-order valence-corrected chi connectivity index (χ4v) is 2.77. The summed E-state index contributed by atoms with van der Waals surface area (Å²) in [5, 5.41) is 10.9. The van der Waals surface area contributed by atoms with E-state index in [4.69, 9.17) is 4.74 Å². The summed E-state index contributed by atoms with van der Waals surface area (Å²) in [6.45, 7) is 6.75. The van der Waals surface area contributed by atoms with Crippen molar-refractivity contribution in [2.45, 2.75) is 25.9 Å². The summed E-state index contributed by atoms with van der Waals surface area (Å²) in [5.41, 5.74) is 0.349. The first-order chi connectivity index (χ1) is 10.0. The Morgan fingerprint density at radius 1 is 1.32 bits per heavy atom. The maximum absolute atomic E-state index is 9.96. The molecule has 6 heteroatoms. The van der Waals surface area contributed by atoms with Crippen LogP contribution >= 0.6 is 12.4 Å². The Morgan fingerprint density at radius 2 is 2.09 bits per heavy atom. The maximum atomic E-state index is 9.96. The third kappa shape index (κ3) is 3.85. The number of para-hydroxylation sites is 1. The molecule has 1 aliphatic heterocycles. The molecule has 1 atom stereocenters. The van der Waals surface area contributed by atoms with E-state index >= 15 is 0 Å². The number of hydrogen-bond donors (Lipinski definition) is 1. The molecular formula is C16H22ClN3O2. The van der Waals surface area contributed by atoms with Gasteiger partial charge >= 0.3 is 0 Å². The van der Waals surface area contributed by atoms with Gasteiger partial charge in [0.05, 0.1) is 16.5 Å². The lowest BCUT2D eigenvalue weighted by molar-refractivity contribution is 0.0669. The molecule has 3 rings (SSSR count). The van der Waals surface area contributed by atoms with E-state index in [0.29, 0.717) is 24.9 Å². The molecule has 0 bridgehead atoms. The van der Waals surface area contributed by atoms with Crippen LogP contribution in [-0.2, 0) is 0 Å². The molecule has 0 spiro atoms. The van der Waals surface area contributed by atoms with Crippen LogP contribution in [-0.4, -0.2) is 51.8 Å². The monoisotopic (exact) mass is 323 g/mol. The van der Waals surface area contributed by atoms with Crippen LogP contribution in [0.1, 0.15) is 19.2 Å². The summed E-state index contributed by atoms with van der Waals surface area (Å²) in [5.74, 6) is 1.36. The van der Waals surface area contributed by atoms with Crippen molar-refractivity contribution in [2.24, 2.45) is 0 Å². The van der Waals surface area contributed by atoms with Crippen molar-refractivity contribution in [3.8, 4) is 5.88 Å². The Kier molecular flexibility index (Phi) is 5.21. The van der Waals surface area contributed by atoms with Gasteiger partial charge in [-0.05, 0) is 32.4 Å². The van der Waals surface area contributed by atoms with Gasteiger partial charge in [0.25, 0.3) is 0 Å². The SMILES string of the molecule is Cc1nc(OCCN2CCC(C)(O)C2)c2ccccc2n1.Cl. The van der Waals surface area contributed by atoms with E-state index in [2.05, 4.69) is 14.9 Å². The van der Waals surface area contributed by atoms with E-state index in [-0.39, 0.29) is 12.4 Å². The predicted molar refractivity (Wildman–Crippen MR) is 88.7 cm³/mol. The predicted octanol–water partition coefficient (Wildman–Crippen LogP) is 2.20. The van der Waals surface area contributed by atoms with E-state index in [0.717, 1.165) is 30.4 Å². The highest BCUT2D eigenvalue weighted by atomic mass is 35.5. The summed E-state index contributed by atoms with van der Waals surface area (Å²) < 4.78 is 5.86. The number of benzene rings is 1. The van der Waals surface area contributed by atoms with Gasteiger partial charge in [0.15, 0.2) is 0 Å². The van der Waals surface area contributed by atoms with Crippen LogP contribution in [0.2, 0.25) is 0 Å². The molecule has 2 heterocycles. The summed E-state index contributed by atoms with van der Waals surface area (Å²) >= 11 is 0. The fraction of sp³-hybridized carbons (Fsp3) is 0.500. The topological polar surface area (TPSA) is 58.5 Å². The first-order valence-corrected chi connectivity index (χ1v) is 7.34. The minimum absolute atomic E-state index is 0. The van der Waals surface area contributed by atoms with Gasteiger partial charge in [0.1, 0.15) is 12.4 Å². The second kappa shape index (κ2) is 6.77. The van der Waals surface area contributed by atoms with Crippen molar-refractivity contribution in [3.63, 3.8) is 0 Å². The first-order valence-electron chi connectivity index (χ1n) is 7.34. The van der Waals surface area contributed by atoms with Crippen LogP contribution in [0.5, 0.6) is 5.88 Å². The van der Waals surface area contributed by atoms with Gasteiger partial charge in [0.2, 0.25) is 5.88 Å². The van der Waals surface area contributed by atoms with Gasteiger partial charge in [-0.25, -0.2) is 4.98 Å². The van der Waals surface area contributed by atoms with E-state index in [1.165, 1.54) is 0 Å². The van der Waals surface area contributed by atoms with Gasteiger partial charge in [-0.2, -0.15) is 4.98 Å². The Hall–Kier alpha value is -1.43. The van der Waals surface area contributed by atoms with Gasteiger partial charge in [-0.1, -0.05) is 12.1 Å². The van der Waals surface area contributed by atoms with Crippen molar-refractivity contribution in [2.75, 3.05) is 26.2 Å². The highest BCUT2D eigenvalue weighted by molar-refractivity contribution is 5.85. The minimum Gasteiger partial charge on any atom is -0.476 e. The number of hydrogen-bond acceptors (Lipinski definition) is 5. The molecule has 1 aromatic heterocycles. The largest absolute Gasteiger partial charge is 0.476 e. The maximum Gasteiger partial charge on any atom is 0.224 e. The molecule has 1 aromatic carbocycles. The molecule has 1 fully saturated rings. The lowest BCUT2D eigenvalue weighted by Crippen LogP contribution is -2.32. The molecule has 1 aliphatic rings. The Balaban J connectivity index is 0.00000176. The average molecular weight is 324 g/mol. The van der Waals surface area contributed by atoms with Gasteiger partial charge in [-0.3, -0.25) is 4.90 Å². The summed E-state index contributed by atoms with van der Waals surface area (Å²) in [7, 11) is 0. The highest BCUT2D eigenvalue weighted by Crippen LogP contribution is 2.23. The fourth-order valence-electron chi connectivity index (χ4n) is 2.77. The summed E-state index contributed by atoms with van der Waals surface area (Å²) in [6.07, 6.45) is 0.822. The number of aromatic nitrogens is 2. The van der Waals surface area contributed by atoms with E-state index in [1.807, 2.05) is 38.1 Å². The molecule has 1 N–H and O–H groups in total. The average Bonchev–Trinajstić information content (AvgIpc) is 2.78. The van der Waals surface area contributed by atoms with E-state index in [1.54, 1.807) is 0 Å². The number of aryl methyl sites for hydroxylation is 1. The minimum atomic E-state index is -0.557. The van der Waals surface area contributed by atoms with Crippen LogP contribution in [0.25, 0.3) is 10.9 Å². The molecule has 0 amide bonds. The number of ether oxygens (including phenoxy) is 1. The number of β-amino-alcohol motifs (C(OH)–C–C–N with tert-alkyl or cyclic N) is 1. The number of halogens is 1. The number of fused-ring (bicyclic) bond motifs is 1. The number of nitrogens with zero attached hydrogens (tertiary/aromatic N) is 3. The molecule has 0 aliphatic carbocycles. The summed E-state index contributed by atoms with van der Waals surface area (Å²) in [4.78, 5) is 11.0. The van der Waals surface area contributed by atoms with Crippen molar-refractivity contribution in [1.82, 2.24) is 14.9 Å². The number of aliphatic hydroxyl groups is 1. The highest BCUT2D eigenvalue weighted by Gasteiger charge is 2.30. The first kappa shape index (κ1) is 16.9. The zero-order valence-electron chi connectivity index (χ0n) is 13.0. The lowest BCUT2D eigenvalue weighted by atomic mass is 10.1. The molecule has 2 aromatic rings. The molecule has 22 heavy (non-hydrogen) atoms. The normalized spacial score (nSPS) is 21.8. The standard InChI is InChI=1S/C16H21N3O2.ClH/c1-12-17-14-6-4-3-5-13(14)15(18-12)21-10-9-19-8-7-16(2,20)11-19;/h3-6,20H,7-11H2,1-2H3;1H. The van der Waals surface area contributed by atoms with Gasteiger partial charge < -0.3 is 9.84 Å².